The zero-order valence-electron chi connectivity index (χ0n) is 21.0. The average Bonchev–Trinajstić information content (AvgIpc) is 2.90. The van der Waals surface area contributed by atoms with Gasteiger partial charge >= 0.3 is 12.2 Å². The van der Waals surface area contributed by atoms with Gasteiger partial charge in [0.05, 0.1) is 13.1 Å². The van der Waals surface area contributed by atoms with Crippen molar-refractivity contribution in [3.05, 3.63) is 71.8 Å². The van der Waals surface area contributed by atoms with Gasteiger partial charge in [-0.1, -0.05) is 60.7 Å². The van der Waals surface area contributed by atoms with E-state index in [1.165, 1.54) is 9.80 Å². The number of piperidine rings is 2. The summed E-state index contributed by atoms with van der Waals surface area (Å²) in [5.41, 5.74) is 12.9. The Morgan fingerprint density at radius 3 is 1.37 bits per heavy atom. The van der Waals surface area contributed by atoms with Crippen LogP contribution in [0, 0.1) is 0 Å². The number of nitrogens with zero attached hydrogens (tertiary/aromatic N) is 2. The molecule has 0 spiro atoms. The Kier molecular flexibility index (Phi) is 15.0. The number of carbonyl (C=O) groups is 2. The van der Waals surface area contributed by atoms with Crippen molar-refractivity contribution in [2.75, 3.05) is 26.2 Å². The van der Waals surface area contributed by atoms with E-state index in [2.05, 4.69) is 0 Å². The lowest BCUT2D eigenvalue weighted by Crippen LogP contribution is -2.50. The summed E-state index contributed by atoms with van der Waals surface area (Å²) in [5.74, 6) is 0. The molecule has 2 saturated heterocycles. The van der Waals surface area contributed by atoms with Crippen LogP contribution in [0.15, 0.2) is 60.7 Å². The van der Waals surface area contributed by atoms with Gasteiger partial charge in [-0.3, -0.25) is 0 Å². The normalized spacial score (nSPS) is 22.5. The third-order valence-electron chi connectivity index (χ3n) is 6.11. The van der Waals surface area contributed by atoms with Gasteiger partial charge in [0.2, 0.25) is 0 Å². The first-order chi connectivity index (χ1) is 17.3. The molecule has 4 atom stereocenters. The molecule has 2 aromatic rings. The fourth-order valence-corrected chi connectivity index (χ4v) is 3.80. The molecule has 8 nitrogen and oxygen atoms in total. The van der Waals surface area contributed by atoms with Crippen molar-refractivity contribution in [2.24, 2.45) is 11.5 Å². The molecule has 0 radical (unpaired) electrons. The topological polar surface area (TPSA) is 111 Å². The minimum atomic E-state index is -1.16. The zero-order chi connectivity index (χ0) is 25.9. The van der Waals surface area contributed by atoms with Gasteiger partial charge in [-0.15, -0.1) is 24.8 Å². The van der Waals surface area contributed by atoms with E-state index in [0.29, 0.717) is 25.9 Å². The van der Waals surface area contributed by atoms with Crippen LogP contribution in [0.2, 0.25) is 0 Å². The maximum atomic E-state index is 13.4. The first kappa shape index (κ1) is 33.4. The summed E-state index contributed by atoms with van der Waals surface area (Å²) in [6, 6.07) is 17.8. The Morgan fingerprint density at radius 2 is 1.05 bits per heavy atom. The SMILES string of the molecule is Cl.Cl.N[C@@H]1CCN(C(=O)OCc2ccccc2)C[C@@H]1F.N[C@H]1CCN(C(=O)OCc2ccccc2)C[C@H]1F. The second kappa shape index (κ2) is 17.0. The van der Waals surface area contributed by atoms with Crippen LogP contribution in [0.1, 0.15) is 24.0 Å². The van der Waals surface area contributed by atoms with Gasteiger partial charge < -0.3 is 30.7 Å². The molecule has 2 fully saturated rings. The summed E-state index contributed by atoms with van der Waals surface area (Å²) in [6.45, 7) is 1.37. The van der Waals surface area contributed by atoms with Crippen LogP contribution in [-0.2, 0) is 22.7 Å². The number of likely N-dealkylation sites (tertiary alicyclic amines) is 2. The van der Waals surface area contributed by atoms with E-state index in [-0.39, 0.29) is 51.1 Å². The Hall–Kier alpha value is -2.66. The third kappa shape index (κ3) is 10.6. The van der Waals surface area contributed by atoms with Crippen LogP contribution in [0.5, 0.6) is 0 Å². The molecule has 0 aliphatic carbocycles. The summed E-state index contributed by atoms with van der Waals surface area (Å²) in [6.07, 6.45) is -2.34. The zero-order valence-corrected chi connectivity index (χ0v) is 22.6. The van der Waals surface area contributed by atoms with Crippen LogP contribution in [-0.4, -0.2) is 72.6 Å². The average molecular weight is 578 g/mol. The summed E-state index contributed by atoms with van der Waals surface area (Å²) < 4.78 is 37.0. The molecule has 2 amide bonds. The number of nitrogens with two attached hydrogens (primary N) is 2. The van der Waals surface area contributed by atoms with E-state index in [9.17, 15) is 18.4 Å². The van der Waals surface area contributed by atoms with Crippen molar-refractivity contribution in [1.29, 1.82) is 0 Å². The van der Waals surface area contributed by atoms with Crippen molar-refractivity contribution in [3.63, 3.8) is 0 Å². The summed E-state index contributed by atoms with van der Waals surface area (Å²) in [7, 11) is 0. The van der Waals surface area contributed by atoms with Gasteiger partial charge in [-0.2, -0.15) is 0 Å². The lowest BCUT2D eigenvalue weighted by Gasteiger charge is -2.32. The number of halogens is 4. The van der Waals surface area contributed by atoms with E-state index in [0.717, 1.165) is 11.1 Å². The molecule has 0 aromatic heterocycles. The molecule has 2 aromatic carbocycles. The Labute approximate surface area is 234 Å². The fourth-order valence-electron chi connectivity index (χ4n) is 3.80. The number of ether oxygens (including phenoxy) is 2. The van der Waals surface area contributed by atoms with Crippen LogP contribution in [0.3, 0.4) is 0 Å². The fraction of sp³-hybridized carbons (Fsp3) is 0.462. The lowest BCUT2D eigenvalue weighted by molar-refractivity contribution is 0.0657. The molecule has 0 saturated carbocycles. The van der Waals surface area contributed by atoms with Crippen LogP contribution >= 0.6 is 24.8 Å². The Bertz CT molecular complexity index is 887. The van der Waals surface area contributed by atoms with Gasteiger partial charge in [0.15, 0.2) is 0 Å². The summed E-state index contributed by atoms with van der Waals surface area (Å²) in [4.78, 5) is 26.2. The Morgan fingerprint density at radius 1 is 0.711 bits per heavy atom. The second-order valence-corrected chi connectivity index (χ2v) is 8.91. The van der Waals surface area contributed by atoms with E-state index in [1.807, 2.05) is 60.7 Å². The highest BCUT2D eigenvalue weighted by molar-refractivity contribution is 5.85. The number of hydrogen-bond acceptors (Lipinski definition) is 6. The molecule has 38 heavy (non-hydrogen) atoms. The highest BCUT2D eigenvalue weighted by Crippen LogP contribution is 2.15. The molecule has 2 heterocycles. The number of carbonyl (C=O) groups excluding carboxylic acids is 2. The van der Waals surface area contributed by atoms with Crippen LogP contribution in [0.4, 0.5) is 18.4 Å². The highest BCUT2D eigenvalue weighted by Gasteiger charge is 2.30. The number of amides is 2. The number of hydrogen-bond donors (Lipinski definition) is 2. The van der Waals surface area contributed by atoms with E-state index >= 15 is 0 Å². The Balaban J connectivity index is 0.000000361. The smallest absolute Gasteiger partial charge is 0.410 e. The minimum Gasteiger partial charge on any atom is -0.445 e. The number of rotatable bonds is 4. The quantitative estimate of drug-likeness (QED) is 0.563. The van der Waals surface area contributed by atoms with E-state index < -0.39 is 36.6 Å². The summed E-state index contributed by atoms with van der Waals surface area (Å²) >= 11 is 0. The van der Waals surface area contributed by atoms with Gasteiger partial charge in [-0.05, 0) is 24.0 Å². The molecule has 2 aliphatic rings. The van der Waals surface area contributed by atoms with Crippen molar-refractivity contribution < 1.29 is 27.8 Å². The van der Waals surface area contributed by atoms with Gasteiger partial charge in [-0.25, -0.2) is 18.4 Å². The maximum absolute atomic E-state index is 13.4. The minimum absolute atomic E-state index is 0. The van der Waals surface area contributed by atoms with E-state index in [1.54, 1.807) is 0 Å². The number of benzene rings is 2. The molecule has 0 bridgehead atoms. The molecular formula is C26H36Cl2F2N4O4. The van der Waals surface area contributed by atoms with Crippen molar-refractivity contribution in [2.45, 2.75) is 50.5 Å². The highest BCUT2D eigenvalue weighted by atomic mass is 35.5. The predicted octanol–water partition coefficient (Wildman–Crippen LogP) is 4.23. The molecule has 12 heteroatoms. The van der Waals surface area contributed by atoms with E-state index in [4.69, 9.17) is 20.9 Å². The van der Waals surface area contributed by atoms with Gasteiger partial charge in [0, 0.05) is 25.2 Å². The molecule has 4 rings (SSSR count). The molecule has 0 unspecified atom stereocenters. The maximum Gasteiger partial charge on any atom is 0.410 e. The molecule has 212 valence electrons. The van der Waals surface area contributed by atoms with Crippen molar-refractivity contribution in [1.82, 2.24) is 9.80 Å². The number of alkyl halides is 2. The third-order valence-corrected chi connectivity index (χ3v) is 6.11. The second-order valence-electron chi connectivity index (χ2n) is 8.91. The van der Waals surface area contributed by atoms with Gasteiger partial charge in [0.1, 0.15) is 25.6 Å². The molecule has 2 aliphatic heterocycles. The van der Waals surface area contributed by atoms with Crippen molar-refractivity contribution in [3.8, 4) is 0 Å². The lowest BCUT2D eigenvalue weighted by atomic mass is 10.1. The first-order valence-corrected chi connectivity index (χ1v) is 12.0. The van der Waals surface area contributed by atoms with Crippen LogP contribution in [0.25, 0.3) is 0 Å². The first-order valence-electron chi connectivity index (χ1n) is 12.0. The van der Waals surface area contributed by atoms with Crippen molar-refractivity contribution >= 4 is 37.0 Å². The molecular weight excluding hydrogens is 541 g/mol. The predicted molar refractivity (Wildman–Crippen MR) is 146 cm³/mol. The standard InChI is InChI=1S/2C13H17FN2O2.2ClH/c2*14-11-8-16(7-6-12(11)15)13(17)18-9-10-4-2-1-3-5-10;;/h2*1-5,11-12H,6-9,15H2;2*1H/t2*11-,12+;;/m10../s1. The largest absolute Gasteiger partial charge is 0.445 e. The van der Waals surface area contributed by atoms with Gasteiger partial charge in [0.25, 0.3) is 0 Å². The van der Waals surface area contributed by atoms with Crippen LogP contribution < -0.4 is 11.5 Å². The summed E-state index contributed by atoms with van der Waals surface area (Å²) in [5, 5.41) is 0. The monoisotopic (exact) mass is 576 g/mol. The molecule has 4 N–H and O–H groups in total.